The zero-order valence-electron chi connectivity index (χ0n) is 13.4. The van der Waals surface area contributed by atoms with Gasteiger partial charge in [0.15, 0.2) is 6.10 Å². The Kier molecular flexibility index (Phi) is 5.09. The largest absolute Gasteiger partial charge is 0.481 e. The molecule has 0 aromatic heterocycles. The fourth-order valence-electron chi connectivity index (χ4n) is 2.98. The summed E-state index contributed by atoms with van der Waals surface area (Å²) in [5, 5.41) is 11.9. The van der Waals surface area contributed by atoms with E-state index in [9.17, 15) is 14.0 Å². The summed E-state index contributed by atoms with van der Waals surface area (Å²) in [5.74, 6) is -1.88. The van der Waals surface area contributed by atoms with Crippen molar-refractivity contribution in [2.45, 2.75) is 25.0 Å². The zero-order valence-corrected chi connectivity index (χ0v) is 13.4. The smallest absolute Gasteiger partial charge is 0.305 e. The first kappa shape index (κ1) is 17.1. The number of carbonyl (C=O) groups excluding carboxylic acids is 1. The minimum atomic E-state index is -1.06. The Hall–Kier alpha value is -2.73. The molecule has 3 rings (SSSR count). The SMILES string of the molecule is O=C(O)C[C@@H](NC(=O)[C@@H]1OCCc2ccccc21)c1ccc(F)cc1. The Morgan fingerprint density at radius 2 is 1.92 bits per heavy atom. The van der Waals surface area contributed by atoms with Crippen LogP contribution >= 0.6 is 0 Å². The first-order valence-corrected chi connectivity index (χ1v) is 8.01. The maximum Gasteiger partial charge on any atom is 0.305 e. The minimum absolute atomic E-state index is 0.300. The molecule has 0 fully saturated rings. The van der Waals surface area contributed by atoms with E-state index in [0.717, 1.165) is 17.5 Å². The highest BCUT2D eigenvalue weighted by atomic mass is 19.1. The standard InChI is InChI=1S/C19H18FNO4/c20-14-7-5-13(6-8-14)16(11-17(22)23)21-19(24)18-15-4-2-1-3-12(15)9-10-25-18/h1-8,16,18H,9-11H2,(H,21,24)(H,22,23)/t16-,18-/m1/s1. The summed E-state index contributed by atoms with van der Waals surface area (Å²) in [6.07, 6.45) is -0.343. The Morgan fingerprint density at radius 3 is 2.64 bits per heavy atom. The number of aliphatic carboxylic acids is 1. The molecular weight excluding hydrogens is 325 g/mol. The van der Waals surface area contributed by atoms with Crippen LogP contribution in [0.1, 0.15) is 35.3 Å². The van der Waals surface area contributed by atoms with Gasteiger partial charge < -0.3 is 15.2 Å². The number of ether oxygens (including phenoxy) is 1. The van der Waals surface area contributed by atoms with E-state index in [-0.39, 0.29) is 6.42 Å². The molecule has 1 amide bonds. The molecule has 0 radical (unpaired) electrons. The monoisotopic (exact) mass is 343 g/mol. The minimum Gasteiger partial charge on any atom is -0.481 e. The molecule has 6 heteroatoms. The van der Waals surface area contributed by atoms with Gasteiger partial charge in [-0.1, -0.05) is 36.4 Å². The molecule has 1 aliphatic rings. The summed E-state index contributed by atoms with van der Waals surface area (Å²) in [5.41, 5.74) is 2.37. The molecule has 0 bridgehead atoms. The highest BCUT2D eigenvalue weighted by Crippen LogP contribution is 2.28. The van der Waals surface area contributed by atoms with E-state index in [1.54, 1.807) is 0 Å². The Balaban J connectivity index is 1.81. The number of carbonyl (C=O) groups is 2. The van der Waals surface area contributed by atoms with Gasteiger partial charge in [-0.2, -0.15) is 0 Å². The van der Waals surface area contributed by atoms with Crippen LogP contribution in [-0.2, 0) is 20.7 Å². The Morgan fingerprint density at radius 1 is 1.20 bits per heavy atom. The molecule has 2 atom stereocenters. The van der Waals surface area contributed by atoms with Crippen LogP contribution in [0.5, 0.6) is 0 Å². The summed E-state index contributed by atoms with van der Waals surface area (Å²) in [6, 6.07) is 12.2. The first-order chi connectivity index (χ1) is 12.0. The van der Waals surface area contributed by atoms with E-state index in [1.807, 2.05) is 24.3 Å². The molecule has 2 N–H and O–H groups in total. The van der Waals surface area contributed by atoms with Crippen molar-refractivity contribution in [1.82, 2.24) is 5.32 Å². The van der Waals surface area contributed by atoms with Crippen molar-refractivity contribution in [3.63, 3.8) is 0 Å². The number of benzene rings is 2. The molecule has 0 saturated heterocycles. The quantitative estimate of drug-likeness (QED) is 0.875. The van der Waals surface area contributed by atoms with Crippen LogP contribution in [-0.4, -0.2) is 23.6 Å². The van der Waals surface area contributed by atoms with E-state index in [1.165, 1.54) is 24.3 Å². The van der Waals surface area contributed by atoms with Crippen LogP contribution in [0.3, 0.4) is 0 Å². The number of amides is 1. The van der Waals surface area contributed by atoms with Gasteiger partial charge in [-0.15, -0.1) is 0 Å². The van der Waals surface area contributed by atoms with Gasteiger partial charge in [0.1, 0.15) is 5.82 Å². The third kappa shape index (κ3) is 4.03. The van der Waals surface area contributed by atoms with Gasteiger partial charge in [0.2, 0.25) is 0 Å². The van der Waals surface area contributed by atoms with Gasteiger partial charge in [0.05, 0.1) is 19.1 Å². The van der Waals surface area contributed by atoms with Crippen molar-refractivity contribution < 1.29 is 23.8 Å². The zero-order chi connectivity index (χ0) is 17.8. The van der Waals surface area contributed by atoms with Gasteiger partial charge >= 0.3 is 5.97 Å². The predicted molar refractivity (Wildman–Crippen MR) is 88.4 cm³/mol. The van der Waals surface area contributed by atoms with Gasteiger partial charge in [-0.25, -0.2) is 4.39 Å². The second kappa shape index (κ2) is 7.44. The lowest BCUT2D eigenvalue weighted by Gasteiger charge is -2.27. The summed E-state index contributed by atoms with van der Waals surface area (Å²) >= 11 is 0. The van der Waals surface area contributed by atoms with Crippen molar-refractivity contribution in [3.8, 4) is 0 Å². The molecule has 0 saturated carbocycles. The molecule has 1 heterocycles. The molecule has 25 heavy (non-hydrogen) atoms. The van der Waals surface area contributed by atoms with Crippen LogP contribution in [0.15, 0.2) is 48.5 Å². The van der Waals surface area contributed by atoms with Crippen molar-refractivity contribution in [3.05, 3.63) is 71.0 Å². The highest BCUT2D eigenvalue weighted by molar-refractivity contribution is 5.84. The number of rotatable bonds is 5. The fourth-order valence-corrected chi connectivity index (χ4v) is 2.98. The van der Waals surface area contributed by atoms with Crippen LogP contribution in [0.2, 0.25) is 0 Å². The van der Waals surface area contributed by atoms with E-state index in [2.05, 4.69) is 5.32 Å². The molecule has 0 spiro atoms. The number of carboxylic acids is 1. The average Bonchev–Trinajstić information content (AvgIpc) is 2.61. The second-order valence-electron chi connectivity index (χ2n) is 5.91. The number of halogens is 1. The number of nitrogens with one attached hydrogen (secondary N) is 1. The van der Waals surface area contributed by atoms with Gasteiger partial charge in [-0.05, 0) is 35.2 Å². The van der Waals surface area contributed by atoms with Gasteiger partial charge in [0.25, 0.3) is 5.91 Å². The normalized spacial score (nSPS) is 17.4. The molecule has 2 aromatic carbocycles. The lowest BCUT2D eigenvalue weighted by atomic mass is 9.96. The molecular formula is C19H18FNO4. The predicted octanol–water partition coefficient (Wildman–Crippen LogP) is 2.77. The van der Waals surface area contributed by atoms with Crippen molar-refractivity contribution in [1.29, 1.82) is 0 Å². The van der Waals surface area contributed by atoms with Crippen molar-refractivity contribution >= 4 is 11.9 Å². The summed E-state index contributed by atoms with van der Waals surface area (Å²) in [7, 11) is 0. The number of fused-ring (bicyclic) bond motifs is 1. The van der Waals surface area contributed by atoms with Crippen molar-refractivity contribution in [2.24, 2.45) is 0 Å². The average molecular weight is 343 g/mol. The molecule has 0 aliphatic carbocycles. The molecule has 0 unspecified atom stereocenters. The Labute approximate surface area is 144 Å². The van der Waals surface area contributed by atoms with E-state index in [0.29, 0.717) is 12.2 Å². The molecule has 130 valence electrons. The summed E-state index contributed by atoms with van der Waals surface area (Å²) in [4.78, 5) is 23.8. The third-order valence-electron chi connectivity index (χ3n) is 4.20. The lowest BCUT2D eigenvalue weighted by molar-refractivity contribution is -0.139. The maximum atomic E-state index is 13.1. The molecule has 2 aromatic rings. The van der Waals surface area contributed by atoms with Crippen LogP contribution < -0.4 is 5.32 Å². The fraction of sp³-hybridized carbons (Fsp3) is 0.263. The van der Waals surface area contributed by atoms with E-state index >= 15 is 0 Å². The van der Waals surface area contributed by atoms with Gasteiger partial charge in [0, 0.05) is 0 Å². The molecule has 1 aliphatic heterocycles. The second-order valence-corrected chi connectivity index (χ2v) is 5.91. The van der Waals surface area contributed by atoms with Crippen LogP contribution in [0.4, 0.5) is 4.39 Å². The van der Waals surface area contributed by atoms with Crippen LogP contribution in [0.25, 0.3) is 0 Å². The number of hydrogen-bond donors (Lipinski definition) is 2. The van der Waals surface area contributed by atoms with E-state index < -0.39 is 29.8 Å². The number of hydrogen-bond acceptors (Lipinski definition) is 3. The lowest BCUT2D eigenvalue weighted by Crippen LogP contribution is -2.37. The molecule has 5 nitrogen and oxygen atoms in total. The van der Waals surface area contributed by atoms with E-state index in [4.69, 9.17) is 9.84 Å². The van der Waals surface area contributed by atoms with Crippen LogP contribution in [0, 0.1) is 5.82 Å². The Bertz CT molecular complexity index is 775. The summed E-state index contributed by atoms with van der Waals surface area (Å²) < 4.78 is 18.7. The first-order valence-electron chi connectivity index (χ1n) is 8.01. The summed E-state index contributed by atoms with van der Waals surface area (Å²) in [6.45, 7) is 0.426. The number of carboxylic acid groups (broad SMARTS) is 1. The topological polar surface area (TPSA) is 75.6 Å². The third-order valence-corrected chi connectivity index (χ3v) is 4.20. The van der Waals surface area contributed by atoms with Crippen molar-refractivity contribution in [2.75, 3.05) is 6.61 Å². The van der Waals surface area contributed by atoms with Gasteiger partial charge in [-0.3, -0.25) is 9.59 Å². The highest BCUT2D eigenvalue weighted by Gasteiger charge is 2.29. The maximum absolute atomic E-state index is 13.1.